The predicted octanol–water partition coefficient (Wildman–Crippen LogP) is 3.07. The van der Waals surface area contributed by atoms with Crippen molar-refractivity contribution in [2.24, 2.45) is 0 Å². The van der Waals surface area contributed by atoms with Crippen LogP contribution in [-0.2, 0) is 13.1 Å². The van der Waals surface area contributed by atoms with Crippen LogP contribution in [0.4, 0.5) is 5.82 Å². The van der Waals surface area contributed by atoms with Gasteiger partial charge in [-0.05, 0) is 19.8 Å². The molecule has 0 spiro atoms. The molecule has 0 aliphatic carbocycles. The lowest BCUT2D eigenvalue weighted by atomic mass is 10.3. The van der Waals surface area contributed by atoms with Gasteiger partial charge in [0.05, 0.1) is 6.20 Å². The molecule has 0 saturated carbocycles. The second-order valence-electron chi connectivity index (χ2n) is 4.90. The van der Waals surface area contributed by atoms with E-state index in [0.717, 1.165) is 31.7 Å². The number of hydrogen-bond acceptors (Lipinski definition) is 3. The van der Waals surface area contributed by atoms with Crippen molar-refractivity contribution < 1.29 is 0 Å². The summed E-state index contributed by atoms with van der Waals surface area (Å²) < 4.78 is 3.98. The largest absolute Gasteiger partial charge is 0.364 e. The van der Waals surface area contributed by atoms with E-state index in [0.29, 0.717) is 6.04 Å². The van der Waals surface area contributed by atoms with Crippen LogP contribution in [0.25, 0.3) is 0 Å². The lowest BCUT2D eigenvalue weighted by Crippen LogP contribution is -2.06. The molecule has 5 nitrogen and oxygen atoms in total. The molecule has 2 aromatic heterocycles. The first-order valence-corrected chi connectivity index (χ1v) is 7.03. The van der Waals surface area contributed by atoms with Crippen LogP contribution in [0.2, 0.25) is 0 Å². The summed E-state index contributed by atoms with van der Waals surface area (Å²) in [4.78, 5) is 0. The molecule has 0 radical (unpaired) electrons. The number of nitrogens with zero attached hydrogens (tertiary/aromatic N) is 4. The number of aromatic nitrogens is 4. The molecule has 0 bridgehead atoms. The van der Waals surface area contributed by atoms with Crippen molar-refractivity contribution >= 4 is 5.82 Å². The van der Waals surface area contributed by atoms with Gasteiger partial charge in [0.25, 0.3) is 0 Å². The predicted molar refractivity (Wildman–Crippen MR) is 77.1 cm³/mol. The molecule has 1 N–H and O–H groups in total. The Labute approximate surface area is 114 Å². The Morgan fingerprint density at radius 3 is 2.95 bits per heavy atom. The van der Waals surface area contributed by atoms with Gasteiger partial charge in [-0.15, -0.1) is 0 Å². The summed E-state index contributed by atoms with van der Waals surface area (Å²) in [7, 11) is 0. The van der Waals surface area contributed by atoms with E-state index in [1.165, 1.54) is 5.56 Å². The number of hydrogen-bond donors (Lipinski definition) is 1. The van der Waals surface area contributed by atoms with Gasteiger partial charge in [-0.1, -0.05) is 13.8 Å². The fourth-order valence-corrected chi connectivity index (χ4v) is 1.91. The summed E-state index contributed by atoms with van der Waals surface area (Å²) in [5.41, 5.74) is 1.19. The zero-order valence-corrected chi connectivity index (χ0v) is 12.0. The van der Waals surface area contributed by atoms with E-state index in [1.807, 2.05) is 27.8 Å². The zero-order chi connectivity index (χ0) is 13.7. The third-order valence-corrected chi connectivity index (χ3v) is 3.26. The average molecular weight is 261 g/mol. The van der Waals surface area contributed by atoms with Crippen LogP contribution >= 0.6 is 0 Å². The minimum atomic E-state index is 0.447. The summed E-state index contributed by atoms with van der Waals surface area (Å²) in [6.07, 6.45) is 8.21. The summed E-state index contributed by atoms with van der Waals surface area (Å²) in [6, 6.07) is 2.46. The van der Waals surface area contributed by atoms with Gasteiger partial charge >= 0.3 is 0 Å². The van der Waals surface area contributed by atoms with E-state index in [2.05, 4.69) is 42.5 Å². The highest BCUT2D eigenvalue weighted by atomic mass is 15.3. The van der Waals surface area contributed by atoms with Gasteiger partial charge < -0.3 is 5.32 Å². The van der Waals surface area contributed by atoms with Gasteiger partial charge in [-0.3, -0.25) is 9.36 Å². The fourth-order valence-electron chi connectivity index (χ4n) is 1.91. The molecule has 19 heavy (non-hydrogen) atoms. The fraction of sp³-hybridized carbons (Fsp3) is 0.571. The first kappa shape index (κ1) is 13.6. The lowest BCUT2D eigenvalue weighted by Gasteiger charge is -2.08. The molecule has 0 saturated heterocycles. The average Bonchev–Trinajstić information content (AvgIpc) is 3.05. The molecule has 0 amide bonds. The minimum absolute atomic E-state index is 0.447. The van der Waals surface area contributed by atoms with E-state index < -0.39 is 0 Å². The molecule has 5 heteroatoms. The zero-order valence-electron chi connectivity index (χ0n) is 12.0. The van der Waals surface area contributed by atoms with Crippen molar-refractivity contribution in [3.05, 3.63) is 30.2 Å². The Bertz CT molecular complexity index is 499. The van der Waals surface area contributed by atoms with Crippen LogP contribution in [0.5, 0.6) is 0 Å². The van der Waals surface area contributed by atoms with Crippen LogP contribution in [-0.4, -0.2) is 19.6 Å². The first-order valence-electron chi connectivity index (χ1n) is 7.03. The van der Waals surface area contributed by atoms with E-state index in [9.17, 15) is 0 Å². The second kappa shape index (κ2) is 6.41. The Morgan fingerprint density at radius 1 is 1.37 bits per heavy atom. The molecule has 0 unspecified atom stereocenters. The molecule has 2 heterocycles. The van der Waals surface area contributed by atoms with Gasteiger partial charge in [0, 0.05) is 43.2 Å². The maximum Gasteiger partial charge on any atom is 0.148 e. The van der Waals surface area contributed by atoms with Gasteiger partial charge in [-0.2, -0.15) is 10.2 Å². The summed E-state index contributed by atoms with van der Waals surface area (Å²) in [6.45, 7) is 8.23. The quantitative estimate of drug-likeness (QED) is 0.833. The van der Waals surface area contributed by atoms with Crippen molar-refractivity contribution in [3.8, 4) is 0 Å². The number of nitrogens with one attached hydrogen (secondary N) is 1. The molecule has 0 aliphatic heterocycles. The van der Waals surface area contributed by atoms with E-state index >= 15 is 0 Å². The molecule has 104 valence electrons. The van der Waals surface area contributed by atoms with E-state index in [1.54, 1.807) is 0 Å². The number of anilines is 1. The third kappa shape index (κ3) is 3.59. The number of rotatable bonds is 7. The van der Waals surface area contributed by atoms with Crippen molar-refractivity contribution in [1.29, 1.82) is 0 Å². The van der Waals surface area contributed by atoms with E-state index in [-0.39, 0.29) is 0 Å². The summed E-state index contributed by atoms with van der Waals surface area (Å²) >= 11 is 0. The van der Waals surface area contributed by atoms with Crippen LogP contribution < -0.4 is 5.32 Å². The molecule has 1 atom stereocenters. The van der Waals surface area contributed by atoms with Crippen molar-refractivity contribution in [2.45, 2.75) is 52.7 Å². The Morgan fingerprint density at radius 2 is 2.21 bits per heavy atom. The molecule has 0 fully saturated rings. The van der Waals surface area contributed by atoms with Gasteiger partial charge in [-0.25, -0.2) is 0 Å². The maximum absolute atomic E-state index is 4.52. The van der Waals surface area contributed by atoms with Gasteiger partial charge in [0.2, 0.25) is 0 Å². The van der Waals surface area contributed by atoms with Crippen molar-refractivity contribution in [3.63, 3.8) is 0 Å². The Hall–Kier alpha value is -1.78. The molecular weight excluding hydrogens is 238 g/mol. The van der Waals surface area contributed by atoms with Crippen LogP contribution in [0.3, 0.4) is 0 Å². The molecule has 2 aromatic rings. The van der Waals surface area contributed by atoms with Gasteiger partial charge in [0.15, 0.2) is 0 Å². The first-order chi connectivity index (χ1) is 9.22. The smallest absolute Gasteiger partial charge is 0.148 e. The van der Waals surface area contributed by atoms with Crippen molar-refractivity contribution in [1.82, 2.24) is 19.6 Å². The highest BCUT2D eigenvalue weighted by molar-refractivity contribution is 5.33. The lowest BCUT2D eigenvalue weighted by molar-refractivity contribution is 0.479. The van der Waals surface area contributed by atoms with Crippen LogP contribution in [0.1, 0.15) is 45.2 Å². The highest BCUT2D eigenvalue weighted by Gasteiger charge is 2.04. The highest BCUT2D eigenvalue weighted by Crippen LogP contribution is 2.12. The Kier molecular flexibility index (Phi) is 4.60. The third-order valence-electron chi connectivity index (χ3n) is 3.26. The molecule has 0 aromatic carbocycles. The minimum Gasteiger partial charge on any atom is -0.364 e. The second-order valence-corrected chi connectivity index (χ2v) is 4.90. The Balaban J connectivity index is 1.89. The molecule has 2 rings (SSSR count). The standard InChI is InChI=1S/C14H23N5/c1-4-7-18-11-13(10-16-18)9-15-14-6-8-19(17-14)12(3)5-2/h6,8,10-12H,4-5,7,9H2,1-3H3,(H,15,17)/t12-/m0/s1. The van der Waals surface area contributed by atoms with E-state index in [4.69, 9.17) is 0 Å². The molecule has 0 aliphatic rings. The summed E-state index contributed by atoms with van der Waals surface area (Å²) in [5.74, 6) is 0.920. The maximum atomic E-state index is 4.52. The monoisotopic (exact) mass is 261 g/mol. The number of aryl methyl sites for hydroxylation is 1. The molecular formula is C14H23N5. The van der Waals surface area contributed by atoms with Crippen LogP contribution in [0.15, 0.2) is 24.7 Å². The van der Waals surface area contributed by atoms with Gasteiger partial charge in [0.1, 0.15) is 5.82 Å². The topological polar surface area (TPSA) is 47.7 Å². The van der Waals surface area contributed by atoms with Crippen molar-refractivity contribution in [2.75, 3.05) is 5.32 Å². The normalized spacial score (nSPS) is 12.6. The summed E-state index contributed by atoms with van der Waals surface area (Å²) in [5, 5.41) is 12.2. The van der Waals surface area contributed by atoms with Crippen LogP contribution in [0, 0.1) is 0 Å². The SMILES string of the molecule is CCCn1cc(CNc2ccn([C@@H](C)CC)n2)cn1.